The van der Waals surface area contributed by atoms with Gasteiger partial charge >= 0.3 is 0 Å². The second-order valence-corrected chi connectivity index (χ2v) is 4.10. The van der Waals surface area contributed by atoms with Gasteiger partial charge in [-0.05, 0) is 37.6 Å². The Bertz CT molecular complexity index is 583. The largest absolute Gasteiger partial charge is 0.310 e. The highest BCUT2D eigenvalue weighted by Gasteiger charge is 2.05. The number of nitrogens with zero attached hydrogens (tertiary/aromatic N) is 2. The molecule has 0 saturated heterocycles. The van der Waals surface area contributed by atoms with Crippen LogP contribution >= 0.6 is 11.6 Å². The van der Waals surface area contributed by atoms with Gasteiger partial charge in [-0.15, -0.1) is 11.6 Å². The second-order valence-electron chi connectivity index (χ2n) is 3.83. The van der Waals surface area contributed by atoms with Gasteiger partial charge in [0.2, 0.25) is 5.91 Å². The highest BCUT2D eigenvalue weighted by Crippen LogP contribution is 2.18. The van der Waals surface area contributed by atoms with Crippen LogP contribution in [0.2, 0.25) is 0 Å². The summed E-state index contributed by atoms with van der Waals surface area (Å²) in [7, 11) is 0. The highest BCUT2D eigenvalue weighted by atomic mass is 35.5. The van der Waals surface area contributed by atoms with Crippen LogP contribution in [0.4, 0.5) is 5.82 Å². The topological polar surface area (TPSA) is 54.9 Å². The fourth-order valence-electron chi connectivity index (χ4n) is 1.68. The van der Waals surface area contributed by atoms with E-state index in [4.69, 9.17) is 11.6 Å². The van der Waals surface area contributed by atoms with Gasteiger partial charge in [0.15, 0.2) is 5.65 Å². The molecule has 0 atom stereocenters. The third kappa shape index (κ3) is 2.53. The summed E-state index contributed by atoms with van der Waals surface area (Å²) >= 11 is 5.42. The summed E-state index contributed by atoms with van der Waals surface area (Å²) in [4.78, 5) is 19.8. The molecule has 4 nitrogen and oxygen atoms in total. The number of fused-ring (bicyclic) bond motifs is 1. The molecule has 0 spiro atoms. The molecular formula is C12H12ClN3O. The smallest absolute Gasteiger partial charge is 0.240 e. The summed E-state index contributed by atoms with van der Waals surface area (Å²) in [6.07, 6.45) is 0. The first-order valence-electron chi connectivity index (χ1n) is 5.21. The SMILES string of the molecule is Cc1cc(C)c2ccc(NC(=O)CCl)nc2n1. The first-order chi connectivity index (χ1) is 8.10. The molecule has 0 aliphatic carbocycles. The second kappa shape index (κ2) is 4.67. The van der Waals surface area contributed by atoms with Crippen molar-refractivity contribution in [2.75, 3.05) is 11.2 Å². The van der Waals surface area contributed by atoms with Gasteiger partial charge in [-0.2, -0.15) is 0 Å². The first-order valence-corrected chi connectivity index (χ1v) is 5.74. The van der Waals surface area contributed by atoms with Crippen LogP contribution < -0.4 is 5.32 Å². The normalized spacial score (nSPS) is 10.5. The van der Waals surface area contributed by atoms with Crippen LogP contribution in [-0.2, 0) is 4.79 Å². The average Bonchev–Trinajstić information content (AvgIpc) is 2.28. The van der Waals surface area contributed by atoms with Gasteiger partial charge in [0.1, 0.15) is 11.7 Å². The van der Waals surface area contributed by atoms with Gasteiger partial charge < -0.3 is 5.32 Å². The van der Waals surface area contributed by atoms with Crippen molar-refractivity contribution in [1.82, 2.24) is 9.97 Å². The molecule has 17 heavy (non-hydrogen) atoms. The fourth-order valence-corrected chi connectivity index (χ4v) is 1.74. The summed E-state index contributed by atoms with van der Waals surface area (Å²) < 4.78 is 0. The predicted molar refractivity (Wildman–Crippen MR) is 68.4 cm³/mol. The van der Waals surface area contributed by atoms with E-state index in [1.807, 2.05) is 26.0 Å². The molecule has 0 saturated carbocycles. The van der Waals surface area contributed by atoms with E-state index in [-0.39, 0.29) is 11.8 Å². The van der Waals surface area contributed by atoms with Crippen LogP contribution in [0.25, 0.3) is 11.0 Å². The van der Waals surface area contributed by atoms with Crippen molar-refractivity contribution in [3.05, 3.63) is 29.5 Å². The van der Waals surface area contributed by atoms with E-state index in [9.17, 15) is 4.79 Å². The van der Waals surface area contributed by atoms with E-state index in [0.29, 0.717) is 11.5 Å². The van der Waals surface area contributed by atoms with Crippen molar-refractivity contribution in [2.24, 2.45) is 0 Å². The number of hydrogen-bond donors (Lipinski definition) is 1. The molecule has 0 aliphatic rings. The minimum atomic E-state index is -0.275. The van der Waals surface area contributed by atoms with Gasteiger partial charge in [0.25, 0.3) is 0 Å². The van der Waals surface area contributed by atoms with E-state index in [1.165, 1.54) is 0 Å². The van der Waals surface area contributed by atoms with Crippen molar-refractivity contribution in [3.8, 4) is 0 Å². The molecule has 5 heteroatoms. The van der Waals surface area contributed by atoms with Crippen molar-refractivity contribution in [1.29, 1.82) is 0 Å². The Morgan fingerprint density at radius 1 is 1.35 bits per heavy atom. The van der Waals surface area contributed by atoms with Crippen LogP contribution in [-0.4, -0.2) is 21.8 Å². The van der Waals surface area contributed by atoms with Crippen molar-refractivity contribution >= 4 is 34.4 Å². The molecule has 1 N–H and O–H groups in total. The van der Waals surface area contributed by atoms with Crippen molar-refractivity contribution in [3.63, 3.8) is 0 Å². The third-order valence-corrected chi connectivity index (χ3v) is 2.64. The number of hydrogen-bond acceptors (Lipinski definition) is 3. The van der Waals surface area contributed by atoms with Gasteiger partial charge in [-0.3, -0.25) is 4.79 Å². The molecule has 2 aromatic heterocycles. The predicted octanol–water partition coefficient (Wildman–Crippen LogP) is 2.42. The Balaban J connectivity index is 2.46. The zero-order chi connectivity index (χ0) is 12.4. The van der Waals surface area contributed by atoms with Gasteiger partial charge in [0, 0.05) is 11.1 Å². The number of pyridine rings is 2. The van der Waals surface area contributed by atoms with Gasteiger partial charge in [-0.25, -0.2) is 9.97 Å². The number of nitrogens with one attached hydrogen (secondary N) is 1. The third-order valence-electron chi connectivity index (χ3n) is 2.40. The van der Waals surface area contributed by atoms with Gasteiger partial charge in [0.05, 0.1) is 0 Å². The Hall–Kier alpha value is -1.68. The molecule has 0 unspecified atom stereocenters. The molecular weight excluding hydrogens is 238 g/mol. The van der Waals surface area contributed by atoms with Crippen molar-refractivity contribution < 1.29 is 4.79 Å². The maximum Gasteiger partial charge on any atom is 0.240 e. The van der Waals surface area contributed by atoms with Crippen LogP contribution in [0.3, 0.4) is 0 Å². The molecule has 88 valence electrons. The van der Waals surface area contributed by atoms with Crippen molar-refractivity contribution in [2.45, 2.75) is 13.8 Å². The molecule has 0 aliphatic heterocycles. The number of aromatic nitrogens is 2. The standard InChI is InChI=1S/C12H12ClN3O/c1-7-5-8(2)14-12-9(7)3-4-10(16-12)15-11(17)6-13/h3-5H,6H2,1-2H3,(H,14,15,16,17). The molecule has 2 aromatic rings. The summed E-state index contributed by atoms with van der Waals surface area (Å²) in [6, 6.07) is 5.64. The summed E-state index contributed by atoms with van der Waals surface area (Å²) in [5.41, 5.74) is 2.66. The molecule has 2 rings (SSSR count). The maximum absolute atomic E-state index is 11.1. The van der Waals surface area contributed by atoms with E-state index in [0.717, 1.165) is 16.6 Å². The lowest BCUT2D eigenvalue weighted by molar-refractivity contribution is -0.113. The number of anilines is 1. The number of amides is 1. The lowest BCUT2D eigenvalue weighted by atomic mass is 10.1. The monoisotopic (exact) mass is 249 g/mol. The van der Waals surface area contributed by atoms with E-state index >= 15 is 0 Å². The number of rotatable bonds is 2. The quantitative estimate of drug-likeness (QED) is 0.832. The minimum Gasteiger partial charge on any atom is -0.310 e. The number of aryl methyl sites for hydroxylation is 2. The molecule has 0 aromatic carbocycles. The number of carbonyl (C=O) groups is 1. The number of halogens is 1. The Morgan fingerprint density at radius 3 is 2.82 bits per heavy atom. The Kier molecular flexibility index (Phi) is 3.24. The van der Waals surface area contributed by atoms with Crippen LogP contribution in [0.15, 0.2) is 18.2 Å². The zero-order valence-corrected chi connectivity index (χ0v) is 10.4. The Labute approximate surface area is 104 Å². The molecule has 0 fully saturated rings. The minimum absolute atomic E-state index is 0.0833. The van der Waals surface area contributed by atoms with E-state index in [1.54, 1.807) is 6.07 Å². The van der Waals surface area contributed by atoms with Gasteiger partial charge in [-0.1, -0.05) is 0 Å². The zero-order valence-electron chi connectivity index (χ0n) is 9.62. The first kappa shape index (κ1) is 11.8. The highest BCUT2D eigenvalue weighted by molar-refractivity contribution is 6.29. The Morgan fingerprint density at radius 2 is 2.12 bits per heavy atom. The van der Waals surface area contributed by atoms with E-state index < -0.39 is 0 Å². The molecule has 0 bridgehead atoms. The van der Waals surface area contributed by atoms with Crippen LogP contribution in [0.1, 0.15) is 11.3 Å². The average molecular weight is 250 g/mol. The van der Waals surface area contributed by atoms with E-state index in [2.05, 4.69) is 15.3 Å². The summed E-state index contributed by atoms with van der Waals surface area (Å²) in [6.45, 7) is 3.92. The fraction of sp³-hybridized carbons (Fsp3) is 0.250. The number of carbonyl (C=O) groups excluding carboxylic acids is 1. The lowest BCUT2D eigenvalue weighted by Gasteiger charge is -2.06. The lowest BCUT2D eigenvalue weighted by Crippen LogP contribution is -2.13. The van der Waals surface area contributed by atoms with Crippen LogP contribution in [0.5, 0.6) is 0 Å². The number of alkyl halides is 1. The molecule has 2 heterocycles. The summed E-state index contributed by atoms with van der Waals surface area (Å²) in [5, 5.41) is 3.59. The molecule has 0 radical (unpaired) electrons. The summed E-state index contributed by atoms with van der Waals surface area (Å²) in [5.74, 6) is 0.114. The molecule has 1 amide bonds. The maximum atomic E-state index is 11.1. The van der Waals surface area contributed by atoms with Crippen LogP contribution in [0, 0.1) is 13.8 Å².